The lowest BCUT2D eigenvalue weighted by molar-refractivity contribution is -0.126. The van der Waals surface area contributed by atoms with E-state index in [0.29, 0.717) is 24.6 Å². The number of carbonyl (C=O) groups is 1. The summed E-state index contributed by atoms with van der Waals surface area (Å²) >= 11 is 0. The van der Waals surface area contributed by atoms with Crippen molar-refractivity contribution in [2.45, 2.75) is 64.5 Å². The Balaban J connectivity index is 1.35. The number of fused-ring (bicyclic) bond motifs is 1. The van der Waals surface area contributed by atoms with Crippen LogP contribution in [-0.2, 0) is 9.53 Å². The van der Waals surface area contributed by atoms with Crippen molar-refractivity contribution in [3.8, 4) is 0 Å². The van der Waals surface area contributed by atoms with Gasteiger partial charge in [-0.15, -0.1) is 0 Å². The van der Waals surface area contributed by atoms with Crippen molar-refractivity contribution in [2.24, 2.45) is 11.3 Å². The Morgan fingerprint density at radius 1 is 1.41 bits per heavy atom. The zero-order valence-electron chi connectivity index (χ0n) is 14.0. The molecule has 0 spiro atoms. The summed E-state index contributed by atoms with van der Waals surface area (Å²) in [6.45, 7) is 6.55. The first-order chi connectivity index (χ1) is 10.6. The summed E-state index contributed by atoms with van der Waals surface area (Å²) in [5, 5.41) is 6.51. The summed E-state index contributed by atoms with van der Waals surface area (Å²) in [5.41, 5.74) is 1.67. The standard InChI is InChI=1S/C18H30N2O2/c1-18(2)16(14-9-11-22-17(14)18)20-12-15(21)19-10-8-13-6-4-3-5-7-13/h6,14,16-17,20H,3-5,7-12H2,1-2H3,(H,19,21). The molecular weight excluding hydrogens is 276 g/mol. The molecule has 3 atom stereocenters. The van der Waals surface area contributed by atoms with E-state index in [0.717, 1.165) is 26.0 Å². The average Bonchev–Trinajstić information content (AvgIpc) is 2.95. The number of carbonyl (C=O) groups excluding carboxylic acids is 1. The lowest BCUT2D eigenvalue weighted by Gasteiger charge is -2.54. The molecule has 3 rings (SSSR count). The summed E-state index contributed by atoms with van der Waals surface area (Å²) in [5.74, 6) is 0.713. The molecule has 1 heterocycles. The molecule has 1 saturated carbocycles. The number of allylic oxidation sites excluding steroid dienone is 1. The molecule has 4 heteroatoms. The summed E-state index contributed by atoms with van der Waals surface area (Å²) in [4.78, 5) is 12.0. The third kappa shape index (κ3) is 3.23. The first-order valence-corrected chi connectivity index (χ1v) is 8.88. The van der Waals surface area contributed by atoms with E-state index >= 15 is 0 Å². The zero-order chi connectivity index (χ0) is 15.6. The summed E-state index contributed by atoms with van der Waals surface area (Å²) < 4.78 is 5.79. The topological polar surface area (TPSA) is 50.4 Å². The highest BCUT2D eigenvalue weighted by molar-refractivity contribution is 5.78. The minimum absolute atomic E-state index is 0.120. The zero-order valence-corrected chi connectivity index (χ0v) is 14.0. The van der Waals surface area contributed by atoms with Crippen molar-refractivity contribution < 1.29 is 9.53 Å². The van der Waals surface area contributed by atoms with Crippen LogP contribution in [0.2, 0.25) is 0 Å². The predicted octanol–water partition coefficient (Wildman–Crippen LogP) is 2.40. The maximum absolute atomic E-state index is 12.0. The van der Waals surface area contributed by atoms with Gasteiger partial charge >= 0.3 is 0 Å². The Bertz CT molecular complexity index is 444. The predicted molar refractivity (Wildman–Crippen MR) is 87.6 cm³/mol. The van der Waals surface area contributed by atoms with Crippen molar-refractivity contribution in [2.75, 3.05) is 19.7 Å². The van der Waals surface area contributed by atoms with Gasteiger partial charge in [0.25, 0.3) is 0 Å². The van der Waals surface area contributed by atoms with Crippen LogP contribution in [0.25, 0.3) is 0 Å². The quantitative estimate of drug-likeness (QED) is 0.741. The Kier molecular flexibility index (Phi) is 4.88. The van der Waals surface area contributed by atoms with Crippen molar-refractivity contribution in [1.82, 2.24) is 10.6 Å². The molecular formula is C18H30N2O2. The fourth-order valence-electron chi connectivity index (χ4n) is 4.50. The van der Waals surface area contributed by atoms with E-state index in [1.54, 1.807) is 0 Å². The van der Waals surface area contributed by atoms with E-state index < -0.39 is 0 Å². The van der Waals surface area contributed by atoms with Gasteiger partial charge in [-0.1, -0.05) is 25.5 Å². The van der Waals surface area contributed by atoms with Crippen molar-refractivity contribution >= 4 is 5.91 Å². The minimum atomic E-state index is 0.120. The van der Waals surface area contributed by atoms with Crippen molar-refractivity contribution in [3.05, 3.63) is 11.6 Å². The van der Waals surface area contributed by atoms with E-state index in [1.165, 1.54) is 31.3 Å². The molecule has 22 heavy (non-hydrogen) atoms. The maximum atomic E-state index is 12.0. The number of nitrogens with one attached hydrogen (secondary N) is 2. The van der Waals surface area contributed by atoms with Gasteiger partial charge in [0.1, 0.15) is 0 Å². The molecule has 2 fully saturated rings. The fourth-order valence-corrected chi connectivity index (χ4v) is 4.50. The van der Waals surface area contributed by atoms with Crippen LogP contribution in [0.5, 0.6) is 0 Å². The van der Waals surface area contributed by atoms with E-state index in [4.69, 9.17) is 4.74 Å². The van der Waals surface area contributed by atoms with Gasteiger partial charge in [0.15, 0.2) is 0 Å². The number of hydrogen-bond donors (Lipinski definition) is 2. The molecule has 0 aromatic carbocycles. The molecule has 0 aromatic rings. The first-order valence-electron chi connectivity index (χ1n) is 8.88. The Hall–Kier alpha value is -0.870. The highest BCUT2D eigenvalue weighted by atomic mass is 16.5. The molecule has 3 aliphatic rings. The van der Waals surface area contributed by atoms with Crippen LogP contribution in [0.15, 0.2) is 11.6 Å². The largest absolute Gasteiger partial charge is 0.377 e. The molecule has 0 bridgehead atoms. The van der Waals surface area contributed by atoms with Gasteiger partial charge in [0.05, 0.1) is 12.6 Å². The van der Waals surface area contributed by atoms with Crippen LogP contribution in [0.3, 0.4) is 0 Å². The Labute approximate surface area is 134 Å². The van der Waals surface area contributed by atoms with Crippen LogP contribution in [-0.4, -0.2) is 37.7 Å². The summed E-state index contributed by atoms with van der Waals surface area (Å²) in [6.07, 6.45) is 9.93. The normalized spacial score (nSPS) is 32.8. The van der Waals surface area contributed by atoms with Crippen LogP contribution in [0, 0.1) is 11.3 Å². The molecule has 2 aliphatic carbocycles. The maximum Gasteiger partial charge on any atom is 0.233 e. The van der Waals surface area contributed by atoms with Crippen LogP contribution in [0.4, 0.5) is 0 Å². The molecule has 1 aliphatic heterocycles. The fraction of sp³-hybridized carbons (Fsp3) is 0.833. The minimum Gasteiger partial charge on any atom is -0.377 e. The second-order valence-electron chi connectivity index (χ2n) is 7.63. The molecule has 2 N–H and O–H groups in total. The lowest BCUT2D eigenvalue weighted by Crippen LogP contribution is -2.66. The molecule has 1 saturated heterocycles. The molecule has 4 nitrogen and oxygen atoms in total. The first kappa shape index (κ1) is 16.0. The average molecular weight is 306 g/mol. The Morgan fingerprint density at radius 3 is 3.05 bits per heavy atom. The van der Waals surface area contributed by atoms with E-state index in [-0.39, 0.29) is 11.3 Å². The van der Waals surface area contributed by atoms with Crippen LogP contribution in [0.1, 0.15) is 52.4 Å². The van der Waals surface area contributed by atoms with Crippen LogP contribution < -0.4 is 10.6 Å². The lowest BCUT2D eigenvalue weighted by atomic mass is 9.57. The highest BCUT2D eigenvalue weighted by Crippen LogP contribution is 2.51. The summed E-state index contributed by atoms with van der Waals surface area (Å²) in [7, 11) is 0. The van der Waals surface area contributed by atoms with E-state index in [9.17, 15) is 4.79 Å². The second kappa shape index (κ2) is 6.71. The van der Waals surface area contributed by atoms with Gasteiger partial charge in [0, 0.05) is 30.5 Å². The van der Waals surface area contributed by atoms with Crippen molar-refractivity contribution in [3.63, 3.8) is 0 Å². The van der Waals surface area contributed by atoms with Gasteiger partial charge in [-0.25, -0.2) is 0 Å². The van der Waals surface area contributed by atoms with Gasteiger partial charge < -0.3 is 15.4 Å². The van der Waals surface area contributed by atoms with Gasteiger partial charge in [-0.05, 0) is 38.5 Å². The summed E-state index contributed by atoms with van der Waals surface area (Å²) in [6, 6.07) is 0.409. The highest BCUT2D eigenvalue weighted by Gasteiger charge is 2.58. The molecule has 1 amide bonds. The SMILES string of the molecule is CC1(C)C(NCC(=O)NCCC2=CCCCC2)C2CCOC21. The van der Waals surface area contributed by atoms with Gasteiger partial charge in [0.2, 0.25) is 5.91 Å². The molecule has 0 radical (unpaired) electrons. The number of hydrogen-bond acceptors (Lipinski definition) is 3. The number of rotatable bonds is 6. The molecule has 0 aromatic heterocycles. The van der Waals surface area contributed by atoms with Crippen LogP contribution >= 0.6 is 0 Å². The third-order valence-electron chi connectivity index (χ3n) is 5.74. The van der Waals surface area contributed by atoms with Gasteiger partial charge in [-0.3, -0.25) is 4.79 Å². The Morgan fingerprint density at radius 2 is 2.27 bits per heavy atom. The van der Waals surface area contributed by atoms with Crippen molar-refractivity contribution in [1.29, 1.82) is 0 Å². The molecule has 3 unspecified atom stereocenters. The number of ether oxygens (including phenoxy) is 1. The smallest absolute Gasteiger partial charge is 0.233 e. The van der Waals surface area contributed by atoms with E-state index in [2.05, 4.69) is 30.6 Å². The van der Waals surface area contributed by atoms with E-state index in [1.807, 2.05) is 0 Å². The third-order valence-corrected chi connectivity index (χ3v) is 5.74. The monoisotopic (exact) mass is 306 g/mol. The second-order valence-corrected chi connectivity index (χ2v) is 7.63. The van der Waals surface area contributed by atoms with Gasteiger partial charge in [-0.2, -0.15) is 0 Å². The number of amides is 1. The molecule has 124 valence electrons.